The van der Waals surface area contributed by atoms with E-state index in [1.165, 1.54) is 6.42 Å². The number of sulfonamides is 1. The van der Waals surface area contributed by atoms with Crippen LogP contribution in [0.25, 0.3) is 0 Å². The summed E-state index contributed by atoms with van der Waals surface area (Å²) in [5, 5.41) is 0. The van der Waals surface area contributed by atoms with Gasteiger partial charge in [-0.05, 0) is 25.0 Å². The maximum Gasteiger partial charge on any atom is 0.244 e. The Morgan fingerprint density at radius 2 is 1.88 bits per heavy atom. The van der Waals surface area contributed by atoms with E-state index < -0.39 is 16.1 Å². The maximum atomic E-state index is 12.7. The van der Waals surface area contributed by atoms with Gasteiger partial charge in [-0.2, -0.15) is 0 Å². The van der Waals surface area contributed by atoms with E-state index in [2.05, 4.69) is 4.72 Å². The molecule has 3 aliphatic rings. The van der Waals surface area contributed by atoms with Gasteiger partial charge >= 0.3 is 0 Å². The summed E-state index contributed by atoms with van der Waals surface area (Å²) in [5.74, 6) is 0.605. The highest BCUT2D eigenvalue weighted by atomic mass is 32.2. The molecule has 0 aromatic heterocycles. The molecule has 0 bridgehead atoms. The first kappa shape index (κ1) is 15.9. The third kappa shape index (κ3) is 2.80. The number of fused-ring (bicyclic) bond motifs is 2. The van der Waals surface area contributed by atoms with E-state index in [0.29, 0.717) is 18.8 Å². The van der Waals surface area contributed by atoms with E-state index in [-0.39, 0.29) is 22.8 Å². The van der Waals surface area contributed by atoms with Gasteiger partial charge in [-0.1, -0.05) is 31.4 Å². The Labute approximate surface area is 142 Å². The minimum Gasteiger partial charge on any atom is -0.485 e. The average molecular weight is 350 g/mol. The lowest BCUT2D eigenvalue weighted by molar-refractivity contribution is -0.135. The first-order valence-corrected chi connectivity index (χ1v) is 10.1. The quantitative estimate of drug-likeness (QED) is 0.833. The first-order chi connectivity index (χ1) is 11.5. The largest absolute Gasteiger partial charge is 0.485 e. The Hall–Kier alpha value is -1.60. The maximum absolute atomic E-state index is 12.7. The van der Waals surface area contributed by atoms with Gasteiger partial charge in [0.1, 0.15) is 16.7 Å². The van der Waals surface area contributed by atoms with Crippen LogP contribution in [0, 0.1) is 5.92 Å². The van der Waals surface area contributed by atoms with E-state index in [9.17, 15) is 13.2 Å². The number of nitrogens with one attached hydrogen (secondary N) is 1. The molecule has 7 heteroatoms. The molecule has 2 aliphatic heterocycles. The number of amides is 1. The molecule has 2 heterocycles. The van der Waals surface area contributed by atoms with E-state index >= 15 is 0 Å². The zero-order valence-corrected chi connectivity index (χ0v) is 14.3. The Morgan fingerprint density at radius 1 is 1.12 bits per heavy atom. The van der Waals surface area contributed by atoms with Crippen molar-refractivity contribution in [3.05, 3.63) is 24.3 Å². The fraction of sp³-hybridized carbons (Fsp3) is 0.588. The van der Waals surface area contributed by atoms with Gasteiger partial charge in [-0.25, -0.2) is 13.1 Å². The molecule has 1 amide bonds. The molecule has 4 rings (SSSR count). The van der Waals surface area contributed by atoms with Crippen molar-refractivity contribution < 1.29 is 17.9 Å². The number of carbonyl (C=O) groups excluding carboxylic acids is 1. The molecule has 0 unspecified atom stereocenters. The molecule has 1 aromatic rings. The lowest BCUT2D eigenvalue weighted by Gasteiger charge is -2.26. The topological polar surface area (TPSA) is 75.7 Å². The van der Waals surface area contributed by atoms with Crippen LogP contribution in [0.1, 0.15) is 32.1 Å². The number of likely N-dealkylation sites (tertiary alicyclic amines) is 1. The van der Waals surface area contributed by atoms with E-state index in [1.54, 1.807) is 29.2 Å². The van der Waals surface area contributed by atoms with E-state index in [0.717, 1.165) is 25.7 Å². The van der Waals surface area contributed by atoms with Crippen molar-refractivity contribution in [1.29, 1.82) is 0 Å². The van der Waals surface area contributed by atoms with Crippen LogP contribution >= 0.6 is 0 Å². The van der Waals surface area contributed by atoms with Crippen LogP contribution < -0.4 is 9.46 Å². The average Bonchev–Trinajstić information content (AvgIpc) is 2.92. The molecule has 6 nitrogen and oxygen atoms in total. The number of benzene rings is 1. The van der Waals surface area contributed by atoms with Crippen LogP contribution in [0.2, 0.25) is 0 Å². The summed E-state index contributed by atoms with van der Waals surface area (Å²) in [6.45, 7) is 0.823. The Kier molecular flexibility index (Phi) is 4.00. The van der Waals surface area contributed by atoms with Crippen LogP contribution in [-0.2, 0) is 14.8 Å². The van der Waals surface area contributed by atoms with E-state index in [1.807, 2.05) is 0 Å². The summed E-state index contributed by atoms with van der Waals surface area (Å²) < 4.78 is 33.7. The van der Waals surface area contributed by atoms with Crippen LogP contribution in [0.4, 0.5) is 0 Å². The Morgan fingerprint density at radius 3 is 2.67 bits per heavy atom. The molecule has 1 N–H and O–H groups in total. The zero-order valence-electron chi connectivity index (χ0n) is 13.5. The first-order valence-electron chi connectivity index (χ1n) is 8.61. The Balaban J connectivity index is 1.55. The number of rotatable bonds is 1. The Bertz CT molecular complexity index is 743. The van der Waals surface area contributed by atoms with Crippen molar-refractivity contribution in [3.63, 3.8) is 0 Å². The minimum atomic E-state index is -3.62. The van der Waals surface area contributed by atoms with Crippen LogP contribution in [0.15, 0.2) is 29.2 Å². The summed E-state index contributed by atoms with van der Waals surface area (Å²) in [4.78, 5) is 14.7. The molecule has 1 saturated carbocycles. The van der Waals surface area contributed by atoms with Crippen molar-refractivity contribution >= 4 is 15.9 Å². The third-order valence-electron chi connectivity index (χ3n) is 5.26. The summed E-state index contributed by atoms with van der Waals surface area (Å²) in [6.07, 6.45) is 4.96. The highest BCUT2D eigenvalue weighted by molar-refractivity contribution is 7.89. The molecule has 0 spiro atoms. The normalized spacial score (nSPS) is 29.2. The lowest BCUT2D eigenvalue weighted by Crippen LogP contribution is -2.43. The van der Waals surface area contributed by atoms with E-state index in [4.69, 9.17) is 4.74 Å². The van der Waals surface area contributed by atoms with Gasteiger partial charge in [-0.3, -0.25) is 4.79 Å². The number of nitrogens with zero attached hydrogens (tertiary/aromatic N) is 1. The third-order valence-corrected chi connectivity index (χ3v) is 6.79. The van der Waals surface area contributed by atoms with Crippen molar-refractivity contribution in [3.8, 4) is 5.75 Å². The highest BCUT2D eigenvalue weighted by Gasteiger charge is 2.43. The van der Waals surface area contributed by atoms with Crippen molar-refractivity contribution in [2.45, 2.75) is 49.1 Å². The van der Waals surface area contributed by atoms with Gasteiger partial charge in [0.15, 0.2) is 0 Å². The monoisotopic (exact) mass is 350 g/mol. The van der Waals surface area contributed by atoms with Gasteiger partial charge in [0.05, 0.1) is 12.6 Å². The molecular weight excluding hydrogens is 328 g/mol. The summed E-state index contributed by atoms with van der Waals surface area (Å²) in [6, 6.07) is 6.26. The van der Waals surface area contributed by atoms with Gasteiger partial charge in [-0.15, -0.1) is 0 Å². The SMILES string of the molecule is O=C(C1CCCCC1)N1C[C@@H]2Oc3ccccc3S(=O)(=O)N[C@@H]2C1. The smallest absolute Gasteiger partial charge is 0.244 e. The summed E-state index contributed by atoms with van der Waals surface area (Å²) in [7, 11) is -3.62. The number of hydrogen-bond donors (Lipinski definition) is 1. The molecule has 1 saturated heterocycles. The molecular formula is C17H22N2O4S. The molecule has 2 atom stereocenters. The van der Waals surface area contributed by atoms with Gasteiger partial charge in [0, 0.05) is 12.5 Å². The number of carbonyl (C=O) groups is 1. The molecule has 1 aromatic carbocycles. The van der Waals surface area contributed by atoms with Crippen LogP contribution in [0.3, 0.4) is 0 Å². The van der Waals surface area contributed by atoms with Crippen molar-refractivity contribution in [1.82, 2.24) is 9.62 Å². The lowest BCUT2D eigenvalue weighted by atomic mass is 9.88. The predicted molar refractivity (Wildman–Crippen MR) is 88.1 cm³/mol. The van der Waals surface area contributed by atoms with Crippen molar-refractivity contribution in [2.75, 3.05) is 13.1 Å². The molecule has 0 radical (unpaired) electrons. The standard InChI is InChI=1S/C17H22N2O4S/c20-17(12-6-2-1-3-7-12)19-10-13-15(11-19)23-14-8-4-5-9-16(14)24(21,22)18-13/h4-5,8-9,12-13,15,18H,1-3,6-7,10-11H2/t13-,15+/m1/s1. The van der Waals surface area contributed by atoms with Gasteiger partial charge in [0.25, 0.3) is 0 Å². The highest BCUT2D eigenvalue weighted by Crippen LogP contribution is 2.32. The number of para-hydroxylation sites is 1. The number of ether oxygens (including phenoxy) is 1. The second kappa shape index (κ2) is 6.04. The fourth-order valence-electron chi connectivity index (χ4n) is 3.99. The second-order valence-corrected chi connectivity index (χ2v) is 8.59. The van der Waals surface area contributed by atoms with Gasteiger partial charge in [0.2, 0.25) is 15.9 Å². The zero-order chi connectivity index (χ0) is 16.7. The summed E-state index contributed by atoms with van der Waals surface area (Å²) in [5.41, 5.74) is 0. The van der Waals surface area contributed by atoms with Gasteiger partial charge < -0.3 is 9.64 Å². The minimum absolute atomic E-state index is 0.0879. The molecule has 24 heavy (non-hydrogen) atoms. The molecule has 1 aliphatic carbocycles. The predicted octanol–water partition coefficient (Wildman–Crippen LogP) is 1.52. The molecule has 130 valence electrons. The van der Waals surface area contributed by atoms with Crippen LogP contribution in [-0.4, -0.2) is 44.5 Å². The number of hydrogen-bond acceptors (Lipinski definition) is 4. The van der Waals surface area contributed by atoms with Crippen molar-refractivity contribution in [2.24, 2.45) is 5.92 Å². The summed E-state index contributed by atoms with van der Waals surface area (Å²) >= 11 is 0. The second-order valence-electron chi connectivity index (χ2n) is 6.91. The fourth-order valence-corrected chi connectivity index (χ4v) is 5.38. The van der Waals surface area contributed by atoms with Crippen LogP contribution in [0.5, 0.6) is 5.75 Å². The molecule has 2 fully saturated rings.